The Kier molecular flexibility index (Phi) is 7.30. The van der Waals surface area contributed by atoms with E-state index in [0.717, 1.165) is 82.2 Å². The summed E-state index contributed by atoms with van der Waals surface area (Å²) in [6, 6.07) is 4.88. The molecule has 11 heteroatoms. The van der Waals surface area contributed by atoms with Crippen molar-refractivity contribution in [2.24, 2.45) is 11.5 Å². The largest absolute Gasteiger partial charge is 0.379 e. The molecule has 0 aromatic carbocycles. The van der Waals surface area contributed by atoms with E-state index in [-0.39, 0.29) is 29.3 Å². The van der Waals surface area contributed by atoms with Gasteiger partial charge in [-0.05, 0) is 31.0 Å². The van der Waals surface area contributed by atoms with E-state index in [1.165, 1.54) is 0 Å². The topological polar surface area (TPSA) is 136 Å². The number of ether oxygens (including phenoxy) is 1. The van der Waals surface area contributed by atoms with E-state index in [9.17, 15) is 9.18 Å². The first-order chi connectivity index (χ1) is 17.5. The van der Waals surface area contributed by atoms with Crippen LogP contribution < -0.4 is 22.1 Å². The quantitative estimate of drug-likeness (QED) is 0.373. The van der Waals surface area contributed by atoms with Gasteiger partial charge in [0, 0.05) is 49.8 Å². The summed E-state index contributed by atoms with van der Waals surface area (Å²) < 4.78 is 22.3. The molecule has 0 spiro atoms. The van der Waals surface area contributed by atoms with Gasteiger partial charge in [0.2, 0.25) is 0 Å². The van der Waals surface area contributed by atoms with Gasteiger partial charge in [-0.1, -0.05) is 12.8 Å². The number of morpholine rings is 1. The summed E-state index contributed by atoms with van der Waals surface area (Å²) >= 11 is 0. The molecule has 0 radical (unpaired) electrons. The second-order valence-corrected chi connectivity index (χ2v) is 9.50. The molecule has 2 aliphatic rings. The van der Waals surface area contributed by atoms with Crippen molar-refractivity contribution >= 4 is 34.3 Å². The summed E-state index contributed by atoms with van der Waals surface area (Å²) in [6.07, 6.45) is 7.49. The molecule has 6 N–H and O–H groups in total. The fourth-order valence-electron chi connectivity index (χ4n) is 4.93. The molecule has 3 aromatic heterocycles. The number of primary amides is 1. The Morgan fingerprint density at radius 3 is 2.75 bits per heavy atom. The average molecular weight is 497 g/mol. The second-order valence-electron chi connectivity index (χ2n) is 9.50. The predicted molar refractivity (Wildman–Crippen MR) is 137 cm³/mol. The van der Waals surface area contributed by atoms with Crippen LogP contribution in [0.1, 0.15) is 36.0 Å². The molecule has 2 atom stereocenters. The van der Waals surface area contributed by atoms with Crippen LogP contribution in [-0.2, 0) is 11.3 Å². The molecule has 10 nitrogen and oxygen atoms in total. The van der Waals surface area contributed by atoms with Crippen molar-refractivity contribution in [2.75, 3.05) is 43.5 Å². The number of fused-ring (bicyclic) bond motifs is 1. The Morgan fingerprint density at radius 2 is 1.97 bits per heavy atom. The highest BCUT2D eigenvalue weighted by molar-refractivity contribution is 5.98. The molecule has 3 aromatic rings. The van der Waals surface area contributed by atoms with Gasteiger partial charge >= 0.3 is 0 Å². The first kappa shape index (κ1) is 24.4. The maximum atomic E-state index is 14.8. The molecular formula is C25H33FN8O2. The van der Waals surface area contributed by atoms with Crippen LogP contribution >= 0.6 is 0 Å². The maximum Gasteiger partial charge on any atom is 0.252 e. The van der Waals surface area contributed by atoms with E-state index >= 15 is 0 Å². The fraction of sp³-hybridized carbons (Fsp3) is 0.480. The molecule has 1 aliphatic heterocycles. The number of anilines is 3. The molecule has 0 bridgehead atoms. The van der Waals surface area contributed by atoms with Gasteiger partial charge in [-0.15, -0.1) is 0 Å². The highest BCUT2D eigenvalue weighted by Crippen LogP contribution is 2.27. The van der Waals surface area contributed by atoms with Gasteiger partial charge in [0.05, 0.1) is 30.7 Å². The van der Waals surface area contributed by atoms with E-state index in [4.69, 9.17) is 16.2 Å². The van der Waals surface area contributed by atoms with Crippen LogP contribution in [0.15, 0.2) is 30.6 Å². The van der Waals surface area contributed by atoms with Crippen LogP contribution in [0.5, 0.6) is 0 Å². The predicted octanol–water partition coefficient (Wildman–Crippen LogP) is 2.43. The Hall–Kier alpha value is -3.28. The van der Waals surface area contributed by atoms with E-state index < -0.39 is 11.7 Å². The summed E-state index contributed by atoms with van der Waals surface area (Å²) in [5, 5.41) is 7.18. The number of carbonyl (C=O) groups is 1. The Bertz CT molecular complexity index is 1230. The van der Waals surface area contributed by atoms with Gasteiger partial charge in [0.1, 0.15) is 11.5 Å². The molecule has 36 heavy (non-hydrogen) atoms. The number of pyridine rings is 2. The average Bonchev–Trinajstić information content (AvgIpc) is 3.28. The number of nitrogens with two attached hydrogens (primary N) is 2. The Morgan fingerprint density at radius 1 is 1.17 bits per heavy atom. The number of nitrogens with one attached hydrogen (secondary N) is 2. The van der Waals surface area contributed by atoms with Crippen molar-refractivity contribution < 1.29 is 13.9 Å². The van der Waals surface area contributed by atoms with E-state index in [2.05, 4.69) is 30.1 Å². The lowest BCUT2D eigenvalue weighted by Gasteiger charge is -2.30. The van der Waals surface area contributed by atoms with Crippen LogP contribution in [0.25, 0.3) is 11.0 Å². The zero-order chi connectivity index (χ0) is 25.1. The van der Waals surface area contributed by atoms with Crippen LogP contribution in [-0.4, -0.2) is 70.3 Å². The monoisotopic (exact) mass is 496 g/mol. The third kappa shape index (κ3) is 5.43. The number of aromatic nitrogens is 3. The van der Waals surface area contributed by atoms with Crippen molar-refractivity contribution in [1.82, 2.24) is 19.4 Å². The molecule has 2 unspecified atom stereocenters. The van der Waals surface area contributed by atoms with Crippen molar-refractivity contribution in [3.05, 3.63) is 42.0 Å². The summed E-state index contributed by atoms with van der Waals surface area (Å²) in [7, 11) is 0. The van der Waals surface area contributed by atoms with Gasteiger partial charge in [0.15, 0.2) is 11.6 Å². The lowest BCUT2D eigenvalue weighted by Crippen LogP contribution is -2.43. The molecule has 4 heterocycles. The normalized spacial score (nSPS) is 20.9. The SMILES string of the molecule is NC(=O)c1cc(F)c(NC2CCCCC2N)nc1Nc1cnc2c(ccn2CCN2CCOCC2)c1. The molecule has 192 valence electrons. The van der Waals surface area contributed by atoms with Crippen molar-refractivity contribution in [3.8, 4) is 0 Å². The van der Waals surface area contributed by atoms with E-state index in [1.807, 2.05) is 18.3 Å². The standard InChI is InChI=1S/C25H33FN8O2/c26-19-14-18(22(28)35)23(32-24(19)31-21-4-2-1-3-20(21)27)30-17-13-16-5-6-34(25(16)29-15-17)8-7-33-9-11-36-12-10-33/h5-6,13-15,20-21H,1-4,7-12,27H2,(H2,28,35)(H2,30,31,32). The number of amides is 1. The molecular weight excluding hydrogens is 463 g/mol. The van der Waals surface area contributed by atoms with Crippen molar-refractivity contribution in [1.29, 1.82) is 0 Å². The van der Waals surface area contributed by atoms with Crippen molar-refractivity contribution in [2.45, 2.75) is 44.3 Å². The first-order valence-corrected chi connectivity index (χ1v) is 12.5. The fourth-order valence-corrected chi connectivity index (χ4v) is 4.93. The number of hydrogen-bond acceptors (Lipinski definition) is 8. The first-order valence-electron chi connectivity index (χ1n) is 12.5. The molecule has 2 fully saturated rings. The number of rotatable bonds is 8. The number of carbonyl (C=O) groups excluding carboxylic acids is 1. The maximum absolute atomic E-state index is 14.8. The lowest BCUT2D eigenvalue weighted by molar-refractivity contribution is 0.0365. The smallest absolute Gasteiger partial charge is 0.252 e. The van der Waals surface area contributed by atoms with Gasteiger partial charge in [-0.2, -0.15) is 0 Å². The van der Waals surface area contributed by atoms with Crippen LogP contribution in [0, 0.1) is 5.82 Å². The summed E-state index contributed by atoms with van der Waals surface area (Å²) in [5.41, 5.74) is 13.2. The Balaban J connectivity index is 1.35. The number of nitrogens with zero attached hydrogens (tertiary/aromatic N) is 4. The van der Waals surface area contributed by atoms with Crippen LogP contribution in [0.3, 0.4) is 0 Å². The van der Waals surface area contributed by atoms with Gasteiger partial charge in [-0.25, -0.2) is 14.4 Å². The molecule has 1 saturated carbocycles. The van der Waals surface area contributed by atoms with E-state index in [0.29, 0.717) is 5.69 Å². The third-order valence-electron chi connectivity index (χ3n) is 7.01. The van der Waals surface area contributed by atoms with Crippen LogP contribution in [0.4, 0.5) is 21.7 Å². The van der Waals surface area contributed by atoms with Crippen molar-refractivity contribution in [3.63, 3.8) is 0 Å². The summed E-state index contributed by atoms with van der Waals surface area (Å²) in [6.45, 7) is 5.18. The van der Waals surface area contributed by atoms with Crippen LogP contribution in [0.2, 0.25) is 0 Å². The molecule has 1 aliphatic carbocycles. The Labute approximate surface area is 209 Å². The minimum atomic E-state index is -0.770. The zero-order valence-corrected chi connectivity index (χ0v) is 20.3. The lowest BCUT2D eigenvalue weighted by atomic mass is 9.91. The van der Waals surface area contributed by atoms with E-state index in [1.54, 1.807) is 6.20 Å². The molecule has 1 saturated heterocycles. The minimum absolute atomic E-state index is 0.0332. The third-order valence-corrected chi connectivity index (χ3v) is 7.01. The highest BCUT2D eigenvalue weighted by atomic mass is 19.1. The minimum Gasteiger partial charge on any atom is -0.379 e. The summed E-state index contributed by atoms with van der Waals surface area (Å²) in [4.78, 5) is 23.4. The number of halogens is 1. The molecule has 1 amide bonds. The summed E-state index contributed by atoms with van der Waals surface area (Å²) in [5.74, 6) is -1.19. The highest BCUT2D eigenvalue weighted by Gasteiger charge is 2.24. The van der Waals surface area contributed by atoms with Gasteiger partial charge in [0.25, 0.3) is 5.91 Å². The molecule has 5 rings (SSSR count). The second kappa shape index (κ2) is 10.8. The van der Waals surface area contributed by atoms with Gasteiger partial charge < -0.3 is 31.4 Å². The van der Waals surface area contributed by atoms with Gasteiger partial charge in [-0.3, -0.25) is 9.69 Å². The zero-order valence-electron chi connectivity index (χ0n) is 20.3. The number of hydrogen-bond donors (Lipinski definition) is 4.